The van der Waals surface area contributed by atoms with Crippen LogP contribution in [0.5, 0.6) is 5.75 Å². The van der Waals surface area contributed by atoms with Crippen molar-refractivity contribution >= 4 is 11.7 Å². The van der Waals surface area contributed by atoms with Gasteiger partial charge in [0.15, 0.2) is 0 Å². The van der Waals surface area contributed by atoms with Crippen LogP contribution in [0.25, 0.3) is 0 Å². The van der Waals surface area contributed by atoms with Gasteiger partial charge in [-0.1, -0.05) is 12.1 Å². The molecule has 0 saturated carbocycles. The van der Waals surface area contributed by atoms with Gasteiger partial charge in [-0.05, 0) is 31.4 Å². The molecule has 2 heterocycles. The van der Waals surface area contributed by atoms with Crippen LogP contribution in [-0.2, 0) is 9.47 Å². The van der Waals surface area contributed by atoms with Gasteiger partial charge in [0.05, 0.1) is 25.0 Å². The van der Waals surface area contributed by atoms with Crippen molar-refractivity contribution in [1.82, 2.24) is 4.90 Å². The first-order valence-corrected chi connectivity index (χ1v) is 8.30. The summed E-state index contributed by atoms with van der Waals surface area (Å²) in [6.45, 7) is 3.73. The molecule has 1 aromatic carbocycles. The van der Waals surface area contributed by atoms with E-state index in [0.717, 1.165) is 19.4 Å². The molecule has 2 fully saturated rings. The number of carbonyl (C=O) groups excluding carboxylic acids is 1. The number of hydrogen-bond donors (Lipinski definition) is 1. The van der Waals surface area contributed by atoms with E-state index in [-0.39, 0.29) is 12.1 Å². The quantitative estimate of drug-likeness (QED) is 0.926. The Morgan fingerprint density at radius 2 is 2.04 bits per heavy atom. The molecule has 1 aromatic rings. The average Bonchev–Trinajstić information content (AvgIpc) is 2.62. The smallest absolute Gasteiger partial charge is 0.322 e. The van der Waals surface area contributed by atoms with Crippen LogP contribution in [0.2, 0.25) is 0 Å². The lowest BCUT2D eigenvalue weighted by molar-refractivity contribution is -0.0109. The molecule has 6 nitrogen and oxygen atoms in total. The van der Waals surface area contributed by atoms with E-state index >= 15 is 0 Å². The fourth-order valence-electron chi connectivity index (χ4n) is 2.78. The molecule has 2 aliphatic heterocycles. The Hall–Kier alpha value is -1.79. The predicted molar refractivity (Wildman–Crippen MR) is 86.9 cm³/mol. The van der Waals surface area contributed by atoms with E-state index in [2.05, 4.69) is 5.32 Å². The van der Waals surface area contributed by atoms with Gasteiger partial charge < -0.3 is 24.4 Å². The van der Waals surface area contributed by atoms with Gasteiger partial charge in [-0.2, -0.15) is 0 Å². The van der Waals surface area contributed by atoms with Crippen molar-refractivity contribution in [3.05, 3.63) is 24.3 Å². The normalized spacial score (nSPS) is 21.7. The van der Waals surface area contributed by atoms with Crippen LogP contribution < -0.4 is 10.1 Å². The van der Waals surface area contributed by atoms with Gasteiger partial charge in [0.1, 0.15) is 12.4 Å². The topological polar surface area (TPSA) is 60.0 Å². The number of carbonyl (C=O) groups is 1. The van der Waals surface area contributed by atoms with Gasteiger partial charge in [-0.15, -0.1) is 0 Å². The highest BCUT2D eigenvalue weighted by Gasteiger charge is 2.19. The van der Waals surface area contributed by atoms with Crippen LogP contribution in [-0.4, -0.2) is 56.6 Å². The van der Waals surface area contributed by atoms with Crippen molar-refractivity contribution < 1.29 is 19.0 Å². The SMILES string of the molecule is O=C(Nc1ccccc1OCC1CCCCO1)N1CCOCC1. The maximum Gasteiger partial charge on any atom is 0.322 e. The van der Waals surface area contributed by atoms with Crippen molar-refractivity contribution in [2.24, 2.45) is 0 Å². The van der Waals surface area contributed by atoms with Crippen molar-refractivity contribution in [3.8, 4) is 5.75 Å². The van der Waals surface area contributed by atoms with Crippen molar-refractivity contribution in [3.63, 3.8) is 0 Å². The predicted octanol–water partition coefficient (Wildman–Crippen LogP) is 2.50. The molecule has 6 heteroatoms. The summed E-state index contributed by atoms with van der Waals surface area (Å²) >= 11 is 0. The number of hydrogen-bond acceptors (Lipinski definition) is 4. The number of amides is 2. The molecular formula is C17H24N2O4. The molecule has 0 bridgehead atoms. The Bertz CT molecular complexity index is 511. The molecule has 126 valence electrons. The molecule has 0 aliphatic carbocycles. The van der Waals surface area contributed by atoms with Crippen LogP contribution in [0, 0.1) is 0 Å². The van der Waals surface area contributed by atoms with Crippen molar-refractivity contribution in [1.29, 1.82) is 0 Å². The molecular weight excluding hydrogens is 296 g/mol. The van der Waals surface area contributed by atoms with Crippen LogP contribution in [0.4, 0.5) is 10.5 Å². The summed E-state index contributed by atoms with van der Waals surface area (Å²) in [5, 5.41) is 2.93. The molecule has 2 saturated heterocycles. The Morgan fingerprint density at radius 3 is 2.83 bits per heavy atom. The van der Waals surface area contributed by atoms with Gasteiger partial charge >= 0.3 is 6.03 Å². The Balaban J connectivity index is 1.57. The molecule has 2 amide bonds. The Labute approximate surface area is 136 Å². The highest BCUT2D eigenvalue weighted by Crippen LogP contribution is 2.25. The number of benzene rings is 1. The molecule has 23 heavy (non-hydrogen) atoms. The average molecular weight is 320 g/mol. The summed E-state index contributed by atoms with van der Waals surface area (Å²) in [6.07, 6.45) is 3.49. The third-order valence-corrected chi connectivity index (χ3v) is 4.13. The van der Waals surface area contributed by atoms with E-state index in [4.69, 9.17) is 14.2 Å². The van der Waals surface area contributed by atoms with Crippen molar-refractivity contribution in [2.45, 2.75) is 25.4 Å². The second-order valence-corrected chi connectivity index (χ2v) is 5.83. The van der Waals surface area contributed by atoms with Gasteiger partial charge in [-0.3, -0.25) is 0 Å². The first kappa shape index (κ1) is 16.1. The molecule has 0 aromatic heterocycles. The summed E-state index contributed by atoms with van der Waals surface area (Å²) in [6, 6.07) is 7.41. The molecule has 1 N–H and O–H groups in total. The molecule has 2 aliphatic rings. The highest BCUT2D eigenvalue weighted by molar-refractivity contribution is 5.91. The lowest BCUT2D eigenvalue weighted by Crippen LogP contribution is -2.43. The number of rotatable bonds is 4. The molecule has 1 atom stereocenters. The number of urea groups is 1. The summed E-state index contributed by atoms with van der Waals surface area (Å²) < 4.78 is 16.8. The lowest BCUT2D eigenvalue weighted by atomic mass is 10.1. The van der Waals surface area contributed by atoms with Gasteiger partial charge in [0.25, 0.3) is 0 Å². The van der Waals surface area contributed by atoms with E-state index in [1.807, 2.05) is 24.3 Å². The van der Waals surface area contributed by atoms with Crippen LogP contribution >= 0.6 is 0 Å². The maximum atomic E-state index is 12.3. The number of para-hydroxylation sites is 2. The summed E-state index contributed by atoms with van der Waals surface area (Å²) in [5.74, 6) is 0.684. The zero-order chi connectivity index (χ0) is 15.9. The van der Waals surface area contributed by atoms with E-state index in [9.17, 15) is 4.79 Å². The second-order valence-electron chi connectivity index (χ2n) is 5.83. The van der Waals surface area contributed by atoms with E-state index in [1.54, 1.807) is 4.90 Å². The fourth-order valence-corrected chi connectivity index (χ4v) is 2.78. The van der Waals surface area contributed by atoms with Crippen LogP contribution in [0.15, 0.2) is 24.3 Å². The standard InChI is InChI=1S/C17H24N2O4/c20-17(19-8-11-21-12-9-19)18-15-6-1-2-7-16(15)23-13-14-5-3-4-10-22-14/h1-2,6-7,14H,3-5,8-13H2,(H,18,20). The van der Waals surface area contributed by atoms with Gasteiger partial charge in [0.2, 0.25) is 0 Å². The Kier molecular flexibility index (Phi) is 5.71. The first-order valence-electron chi connectivity index (χ1n) is 8.30. The van der Waals surface area contributed by atoms with E-state index in [1.165, 1.54) is 6.42 Å². The van der Waals surface area contributed by atoms with E-state index in [0.29, 0.717) is 44.3 Å². The lowest BCUT2D eigenvalue weighted by Gasteiger charge is -2.27. The van der Waals surface area contributed by atoms with E-state index < -0.39 is 0 Å². The minimum Gasteiger partial charge on any atom is -0.489 e. The number of ether oxygens (including phenoxy) is 3. The molecule has 1 unspecified atom stereocenters. The first-order chi connectivity index (χ1) is 11.3. The minimum absolute atomic E-state index is 0.113. The zero-order valence-electron chi connectivity index (χ0n) is 13.3. The minimum atomic E-state index is -0.113. The summed E-state index contributed by atoms with van der Waals surface area (Å²) in [4.78, 5) is 14.1. The third kappa shape index (κ3) is 4.59. The van der Waals surface area contributed by atoms with Gasteiger partial charge in [0, 0.05) is 19.7 Å². The zero-order valence-corrected chi connectivity index (χ0v) is 13.3. The maximum absolute atomic E-state index is 12.3. The monoisotopic (exact) mass is 320 g/mol. The van der Waals surface area contributed by atoms with Gasteiger partial charge in [-0.25, -0.2) is 4.79 Å². The summed E-state index contributed by atoms with van der Waals surface area (Å²) in [5.41, 5.74) is 0.694. The fraction of sp³-hybridized carbons (Fsp3) is 0.588. The number of nitrogens with zero attached hydrogens (tertiary/aromatic N) is 1. The van der Waals surface area contributed by atoms with Crippen LogP contribution in [0.1, 0.15) is 19.3 Å². The highest BCUT2D eigenvalue weighted by atomic mass is 16.5. The number of nitrogens with one attached hydrogen (secondary N) is 1. The number of anilines is 1. The second kappa shape index (κ2) is 8.17. The molecule has 0 spiro atoms. The molecule has 3 rings (SSSR count). The Morgan fingerprint density at radius 1 is 1.22 bits per heavy atom. The molecule has 0 radical (unpaired) electrons. The van der Waals surface area contributed by atoms with Crippen molar-refractivity contribution in [2.75, 3.05) is 44.8 Å². The van der Waals surface area contributed by atoms with Crippen LogP contribution in [0.3, 0.4) is 0 Å². The summed E-state index contributed by atoms with van der Waals surface area (Å²) in [7, 11) is 0. The largest absolute Gasteiger partial charge is 0.489 e. The number of morpholine rings is 1. The third-order valence-electron chi connectivity index (χ3n) is 4.13.